The zero-order valence-electron chi connectivity index (χ0n) is 13.3. The minimum Gasteiger partial charge on any atom is -0.370 e. The number of rotatable bonds is 4. The molecular formula is C16H21N5O2. The van der Waals surface area contributed by atoms with Crippen molar-refractivity contribution in [1.29, 1.82) is 0 Å². The summed E-state index contributed by atoms with van der Waals surface area (Å²) in [5.74, 6) is 1.55. The lowest BCUT2D eigenvalue weighted by atomic mass is 10.2. The lowest BCUT2D eigenvalue weighted by molar-refractivity contribution is 0.0309. The summed E-state index contributed by atoms with van der Waals surface area (Å²) >= 11 is 0. The fraction of sp³-hybridized carbons (Fsp3) is 0.438. The van der Waals surface area contributed by atoms with Gasteiger partial charge in [-0.05, 0) is 44.4 Å². The molecule has 1 saturated heterocycles. The van der Waals surface area contributed by atoms with Crippen LogP contribution in [0.2, 0.25) is 0 Å². The third-order valence-corrected chi connectivity index (χ3v) is 3.68. The molecule has 0 bridgehead atoms. The van der Waals surface area contributed by atoms with Crippen molar-refractivity contribution < 1.29 is 9.26 Å². The van der Waals surface area contributed by atoms with Crippen LogP contribution in [0.15, 0.2) is 33.8 Å². The first-order valence-electron chi connectivity index (χ1n) is 7.69. The first kappa shape index (κ1) is 15.5. The van der Waals surface area contributed by atoms with Crippen molar-refractivity contribution in [2.24, 2.45) is 10.7 Å². The van der Waals surface area contributed by atoms with Crippen LogP contribution in [0.1, 0.15) is 36.2 Å². The molecule has 1 aliphatic rings. The smallest absolute Gasteiger partial charge is 0.255 e. The summed E-state index contributed by atoms with van der Waals surface area (Å²) in [5, 5.41) is 6.87. The molecule has 1 aromatic carbocycles. The normalized spacial score (nSPS) is 21.6. The van der Waals surface area contributed by atoms with Crippen LogP contribution in [0.3, 0.4) is 0 Å². The van der Waals surface area contributed by atoms with E-state index >= 15 is 0 Å². The molecule has 0 amide bonds. The van der Waals surface area contributed by atoms with Crippen LogP contribution < -0.4 is 11.1 Å². The number of anilines is 1. The SMILES string of the molecule is Cc1cccc(NC(N)=NC[C@H]2CC[C@@H](c3nc(C)no3)O2)c1. The van der Waals surface area contributed by atoms with Crippen LogP contribution in [-0.4, -0.2) is 28.7 Å². The largest absolute Gasteiger partial charge is 0.370 e. The Morgan fingerprint density at radius 1 is 1.39 bits per heavy atom. The van der Waals surface area contributed by atoms with Gasteiger partial charge in [-0.25, -0.2) is 0 Å². The first-order chi connectivity index (χ1) is 11.1. The van der Waals surface area contributed by atoms with E-state index in [9.17, 15) is 0 Å². The number of ether oxygens (including phenoxy) is 1. The van der Waals surface area contributed by atoms with Crippen molar-refractivity contribution in [2.45, 2.75) is 38.9 Å². The van der Waals surface area contributed by atoms with Crippen LogP contribution in [-0.2, 0) is 4.74 Å². The third-order valence-electron chi connectivity index (χ3n) is 3.68. The average molecular weight is 315 g/mol. The number of hydrogen-bond donors (Lipinski definition) is 2. The van der Waals surface area contributed by atoms with Gasteiger partial charge in [0.05, 0.1) is 12.6 Å². The van der Waals surface area contributed by atoms with Gasteiger partial charge < -0.3 is 20.3 Å². The van der Waals surface area contributed by atoms with Crippen molar-refractivity contribution in [3.8, 4) is 0 Å². The number of benzene rings is 1. The number of aromatic nitrogens is 2. The Hall–Kier alpha value is -2.41. The van der Waals surface area contributed by atoms with E-state index in [1.165, 1.54) is 5.56 Å². The number of aryl methyl sites for hydroxylation is 2. The summed E-state index contributed by atoms with van der Waals surface area (Å²) in [7, 11) is 0. The highest BCUT2D eigenvalue weighted by molar-refractivity contribution is 5.92. The Kier molecular flexibility index (Phi) is 4.57. The van der Waals surface area contributed by atoms with Gasteiger partial charge in [0.25, 0.3) is 5.89 Å². The van der Waals surface area contributed by atoms with Gasteiger partial charge in [0, 0.05) is 5.69 Å². The minimum absolute atomic E-state index is 0.0186. The fourth-order valence-corrected chi connectivity index (χ4v) is 2.58. The molecule has 2 aromatic rings. The molecule has 0 radical (unpaired) electrons. The Morgan fingerprint density at radius 2 is 2.26 bits per heavy atom. The van der Waals surface area contributed by atoms with Crippen molar-refractivity contribution in [3.63, 3.8) is 0 Å². The summed E-state index contributed by atoms with van der Waals surface area (Å²) in [6, 6.07) is 7.98. The molecule has 0 spiro atoms. The zero-order chi connectivity index (χ0) is 16.2. The predicted molar refractivity (Wildman–Crippen MR) is 87.2 cm³/mol. The van der Waals surface area contributed by atoms with Gasteiger partial charge in [0.1, 0.15) is 6.10 Å². The molecule has 122 valence electrons. The maximum atomic E-state index is 5.93. The number of guanidine groups is 1. The van der Waals surface area contributed by atoms with Gasteiger partial charge in [0.15, 0.2) is 11.8 Å². The van der Waals surface area contributed by atoms with Crippen molar-refractivity contribution >= 4 is 11.6 Å². The van der Waals surface area contributed by atoms with Gasteiger partial charge in [-0.15, -0.1) is 0 Å². The Balaban J connectivity index is 1.52. The summed E-state index contributed by atoms with van der Waals surface area (Å²) in [6.45, 7) is 4.33. The second-order valence-corrected chi connectivity index (χ2v) is 5.72. The average Bonchev–Trinajstić information content (AvgIpc) is 3.14. The summed E-state index contributed by atoms with van der Waals surface area (Å²) in [5.41, 5.74) is 8.02. The lowest BCUT2D eigenvalue weighted by Crippen LogP contribution is -2.24. The van der Waals surface area contributed by atoms with Gasteiger partial charge in [-0.3, -0.25) is 4.99 Å². The molecule has 1 aliphatic heterocycles. The highest BCUT2D eigenvalue weighted by Gasteiger charge is 2.30. The van der Waals surface area contributed by atoms with Crippen molar-refractivity contribution in [3.05, 3.63) is 41.5 Å². The van der Waals surface area contributed by atoms with E-state index in [4.69, 9.17) is 15.0 Å². The van der Waals surface area contributed by atoms with E-state index in [1.54, 1.807) is 6.92 Å². The maximum absolute atomic E-state index is 5.93. The molecule has 0 aliphatic carbocycles. The number of nitrogens with zero attached hydrogens (tertiary/aromatic N) is 3. The van der Waals surface area contributed by atoms with Crippen LogP contribution >= 0.6 is 0 Å². The quantitative estimate of drug-likeness (QED) is 0.663. The molecule has 2 heterocycles. The Morgan fingerprint density at radius 3 is 3.00 bits per heavy atom. The number of nitrogens with two attached hydrogens (primary N) is 1. The van der Waals surface area contributed by atoms with Gasteiger partial charge in [-0.2, -0.15) is 4.98 Å². The predicted octanol–water partition coefficient (Wildman–Crippen LogP) is 2.33. The number of aliphatic imine (C=N–C) groups is 1. The van der Waals surface area contributed by atoms with E-state index in [1.807, 2.05) is 31.2 Å². The molecule has 1 aromatic heterocycles. The molecule has 3 rings (SSSR count). The van der Waals surface area contributed by atoms with E-state index in [2.05, 4.69) is 20.4 Å². The van der Waals surface area contributed by atoms with Crippen molar-refractivity contribution in [1.82, 2.24) is 10.1 Å². The molecule has 3 N–H and O–H groups in total. The van der Waals surface area contributed by atoms with Gasteiger partial charge >= 0.3 is 0 Å². The van der Waals surface area contributed by atoms with Crippen LogP contribution in [0.4, 0.5) is 5.69 Å². The fourth-order valence-electron chi connectivity index (χ4n) is 2.58. The molecule has 23 heavy (non-hydrogen) atoms. The van der Waals surface area contributed by atoms with Crippen LogP contribution in [0, 0.1) is 13.8 Å². The monoisotopic (exact) mass is 315 g/mol. The second-order valence-electron chi connectivity index (χ2n) is 5.72. The molecule has 7 nitrogen and oxygen atoms in total. The maximum Gasteiger partial charge on any atom is 0.255 e. The summed E-state index contributed by atoms with van der Waals surface area (Å²) in [6.07, 6.45) is 1.63. The topological polar surface area (TPSA) is 98.6 Å². The van der Waals surface area contributed by atoms with E-state index in [0.717, 1.165) is 18.5 Å². The van der Waals surface area contributed by atoms with Crippen LogP contribution in [0.5, 0.6) is 0 Å². The van der Waals surface area contributed by atoms with Gasteiger partial charge in [-0.1, -0.05) is 17.3 Å². The van der Waals surface area contributed by atoms with E-state index in [-0.39, 0.29) is 12.2 Å². The Bertz CT molecular complexity index is 697. The van der Waals surface area contributed by atoms with E-state index < -0.39 is 0 Å². The van der Waals surface area contributed by atoms with Crippen LogP contribution in [0.25, 0.3) is 0 Å². The first-order valence-corrected chi connectivity index (χ1v) is 7.69. The number of nitrogens with one attached hydrogen (secondary N) is 1. The molecule has 2 atom stereocenters. The zero-order valence-corrected chi connectivity index (χ0v) is 13.3. The highest BCUT2D eigenvalue weighted by Crippen LogP contribution is 2.31. The number of hydrogen-bond acceptors (Lipinski definition) is 5. The van der Waals surface area contributed by atoms with Gasteiger partial charge in [0.2, 0.25) is 0 Å². The lowest BCUT2D eigenvalue weighted by Gasteiger charge is -2.10. The molecule has 1 fully saturated rings. The highest BCUT2D eigenvalue weighted by atomic mass is 16.5. The molecule has 7 heteroatoms. The van der Waals surface area contributed by atoms with E-state index in [0.29, 0.717) is 24.2 Å². The summed E-state index contributed by atoms with van der Waals surface area (Å²) < 4.78 is 11.0. The molecular weight excluding hydrogens is 294 g/mol. The molecule has 0 saturated carbocycles. The summed E-state index contributed by atoms with van der Waals surface area (Å²) in [4.78, 5) is 8.57. The second kappa shape index (κ2) is 6.78. The van der Waals surface area contributed by atoms with Crippen molar-refractivity contribution in [2.75, 3.05) is 11.9 Å². The Labute approximate surface area is 134 Å². The third kappa shape index (κ3) is 4.07. The minimum atomic E-state index is -0.137. The molecule has 0 unspecified atom stereocenters. The standard InChI is InChI=1S/C16H21N5O2/c1-10-4-3-5-12(8-10)20-16(17)18-9-13-6-7-14(22-13)15-19-11(2)21-23-15/h3-5,8,13-14H,6-7,9H2,1-2H3,(H3,17,18,20)/t13-,14+/m1/s1.